The molecule has 0 atom stereocenters. The van der Waals surface area contributed by atoms with Gasteiger partial charge in [0.05, 0.1) is 12.8 Å². The van der Waals surface area contributed by atoms with E-state index in [0.29, 0.717) is 12.8 Å². The number of imidazole rings is 1. The first-order chi connectivity index (χ1) is 14.2. The van der Waals surface area contributed by atoms with Crippen LogP contribution in [0.15, 0.2) is 47.5 Å². The number of rotatable bonds is 8. The Morgan fingerprint density at radius 2 is 2.10 bits per heavy atom. The summed E-state index contributed by atoms with van der Waals surface area (Å²) in [6.45, 7) is 0.746. The molecule has 0 spiro atoms. The van der Waals surface area contributed by atoms with E-state index < -0.39 is 0 Å². The Labute approximate surface area is 175 Å². The number of carbonyl (C=O) groups is 1. The SMILES string of the molecule is COc1ccc(-c2cn3c(CCC(=O)NCCC4=CCCCC4)csc3n2)cc1. The molecule has 152 valence electrons. The Balaban J connectivity index is 1.32. The molecule has 0 aliphatic heterocycles. The molecular weight excluding hydrogens is 382 g/mol. The molecule has 3 aromatic rings. The summed E-state index contributed by atoms with van der Waals surface area (Å²) in [7, 11) is 1.66. The van der Waals surface area contributed by atoms with E-state index in [9.17, 15) is 4.79 Å². The number of methoxy groups -OCH3 is 1. The van der Waals surface area contributed by atoms with Crippen molar-refractivity contribution in [2.24, 2.45) is 0 Å². The molecule has 0 fully saturated rings. The second kappa shape index (κ2) is 9.27. The van der Waals surface area contributed by atoms with Gasteiger partial charge in [-0.05, 0) is 62.8 Å². The van der Waals surface area contributed by atoms with Crippen molar-refractivity contribution in [1.82, 2.24) is 14.7 Å². The summed E-state index contributed by atoms with van der Waals surface area (Å²) in [6.07, 6.45) is 11.6. The number of nitrogens with zero attached hydrogens (tertiary/aromatic N) is 2. The van der Waals surface area contributed by atoms with Gasteiger partial charge in [0.2, 0.25) is 5.91 Å². The number of hydrogen-bond donors (Lipinski definition) is 1. The van der Waals surface area contributed by atoms with E-state index in [2.05, 4.69) is 27.4 Å². The van der Waals surface area contributed by atoms with E-state index in [-0.39, 0.29) is 5.91 Å². The van der Waals surface area contributed by atoms with Crippen molar-refractivity contribution in [3.63, 3.8) is 0 Å². The van der Waals surface area contributed by atoms with Gasteiger partial charge in [0, 0.05) is 35.8 Å². The molecule has 6 heteroatoms. The maximum Gasteiger partial charge on any atom is 0.220 e. The molecule has 0 saturated heterocycles. The minimum absolute atomic E-state index is 0.122. The van der Waals surface area contributed by atoms with Crippen LogP contribution < -0.4 is 10.1 Å². The quantitative estimate of drug-likeness (QED) is 0.532. The molecule has 0 bridgehead atoms. The van der Waals surface area contributed by atoms with Gasteiger partial charge in [-0.15, -0.1) is 11.3 Å². The fraction of sp³-hybridized carbons (Fsp3) is 0.391. The van der Waals surface area contributed by atoms with Crippen LogP contribution in [0.2, 0.25) is 0 Å². The third-order valence-corrected chi connectivity index (χ3v) is 6.32. The van der Waals surface area contributed by atoms with E-state index in [4.69, 9.17) is 9.72 Å². The Morgan fingerprint density at radius 3 is 2.86 bits per heavy atom. The Morgan fingerprint density at radius 1 is 1.24 bits per heavy atom. The predicted molar refractivity (Wildman–Crippen MR) is 118 cm³/mol. The summed E-state index contributed by atoms with van der Waals surface area (Å²) < 4.78 is 7.32. The first-order valence-electron chi connectivity index (χ1n) is 10.3. The summed E-state index contributed by atoms with van der Waals surface area (Å²) in [5, 5.41) is 5.17. The fourth-order valence-electron chi connectivity index (χ4n) is 3.73. The van der Waals surface area contributed by atoms with Gasteiger partial charge in [-0.25, -0.2) is 4.98 Å². The van der Waals surface area contributed by atoms with Crippen molar-refractivity contribution in [2.75, 3.05) is 13.7 Å². The molecule has 0 unspecified atom stereocenters. The minimum atomic E-state index is 0.122. The average Bonchev–Trinajstić information content (AvgIpc) is 3.34. The molecule has 29 heavy (non-hydrogen) atoms. The molecular formula is C23H27N3O2S. The smallest absolute Gasteiger partial charge is 0.220 e. The van der Waals surface area contributed by atoms with Crippen LogP contribution in [-0.4, -0.2) is 28.9 Å². The van der Waals surface area contributed by atoms with Gasteiger partial charge in [-0.3, -0.25) is 9.20 Å². The van der Waals surface area contributed by atoms with Crippen LogP contribution in [0.25, 0.3) is 16.2 Å². The van der Waals surface area contributed by atoms with Crippen molar-refractivity contribution in [2.45, 2.75) is 44.9 Å². The maximum absolute atomic E-state index is 12.2. The highest BCUT2D eigenvalue weighted by Crippen LogP contribution is 2.26. The van der Waals surface area contributed by atoms with Gasteiger partial charge in [-0.2, -0.15) is 0 Å². The zero-order valence-electron chi connectivity index (χ0n) is 16.8. The Kier molecular flexibility index (Phi) is 6.30. The van der Waals surface area contributed by atoms with E-state index in [0.717, 1.165) is 40.6 Å². The Hall–Kier alpha value is -2.60. The molecule has 1 aromatic carbocycles. The summed E-state index contributed by atoms with van der Waals surface area (Å²) in [5.74, 6) is 0.956. The number of aryl methyl sites for hydroxylation is 1. The third-order valence-electron chi connectivity index (χ3n) is 5.43. The Bertz CT molecular complexity index is 1000. The molecule has 0 radical (unpaired) electrons. The van der Waals surface area contributed by atoms with Gasteiger partial charge in [0.15, 0.2) is 4.96 Å². The van der Waals surface area contributed by atoms with Crippen molar-refractivity contribution in [3.8, 4) is 17.0 Å². The van der Waals surface area contributed by atoms with E-state index in [1.807, 2.05) is 24.3 Å². The number of allylic oxidation sites excluding steroid dienone is 1. The number of carbonyl (C=O) groups excluding carboxylic acids is 1. The number of ether oxygens (including phenoxy) is 1. The number of amides is 1. The topological polar surface area (TPSA) is 55.6 Å². The summed E-state index contributed by atoms with van der Waals surface area (Å²) in [4.78, 5) is 17.9. The normalized spacial score (nSPS) is 14.0. The molecule has 0 saturated carbocycles. The minimum Gasteiger partial charge on any atom is -0.497 e. The van der Waals surface area contributed by atoms with Crippen LogP contribution in [-0.2, 0) is 11.2 Å². The largest absolute Gasteiger partial charge is 0.497 e. The van der Waals surface area contributed by atoms with Gasteiger partial charge in [-0.1, -0.05) is 11.6 Å². The zero-order valence-corrected chi connectivity index (χ0v) is 17.6. The van der Waals surface area contributed by atoms with Crippen molar-refractivity contribution < 1.29 is 9.53 Å². The fourth-order valence-corrected chi connectivity index (χ4v) is 4.64. The van der Waals surface area contributed by atoms with Gasteiger partial charge in [0.25, 0.3) is 0 Å². The van der Waals surface area contributed by atoms with Gasteiger partial charge in [0.1, 0.15) is 5.75 Å². The number of aromatic nitrogens is 2. The zero-order chi connectivity index (χ0) is 20.1. The maximum atomic E-state index is 12.2. The van der Waals surface area contributed by atoms with Crippen LogP contribution in [0, 0.1) is 0 Å². The number of nitrogens with one attached hydrogen (secondary N) is 1. The molecule has 1 amide bonds. The van der Waals surface area contributed by atoms with Gasteiger partial charge >= 0.3 is 0 Å². The first kappa shape index (κ1) is 19.7. The van der Waals surface area contributed by atoms with Crippen LogP contribution in [0.4, 0.5) is 0 Å². The van der Waals surface area contributed by atoms with Crippen molar-refractivity contribution in [1.29, 1.82) is 0 Å². The predicted octanol–water partition coefficient (Wildman–Crippen LogP) is 5.01. The van der Waals surface area contributed by atoms with Crippen LogP contribution in [0.1, 0.15) is 44.2 Å². The third kappa shape index (κ3) is 4.88. The molecule has 1 aliphatic rings. The van der Waals surface area contributed by atoms with Crippen molar-refractivity contribution >= 4 is 22.2 Å². The van der Waals surface area contributed by atoms with E-state index in [1.54, 1.807) is 18.4 Å². The molecule has 5 nitrogen and oxygen atoms in total. The lowest BCUT2D eigenvalue weighted by molar-refractivity contribution is -0.121. The number of hydrogen-bond acceptors (Lipinski definition) is 4. The lowest BCUT2D eigenvalue weighted by Crippen LogP contribution is -2.25. The standard InChI is InChI=1S/C23H27N3O2S/c1-28-20-10-7-18(8-11-20)21-15-26-19(16-29-23(26)25-21)9-12-22(27)24-14-13-17-5-3-2-4-6-17/h5,7-8,10-11,15-16H,2-4,6,9,12-14H2,1H3,(H,24,27). The molecule has 2 aromatic heterocycles. The summed E-state index contributed by atoms with van der Waals surface area (Å²) >= 11 is 1.61. The monoisotopic (exact) mass is 409 g/mol. The molecule has 1 aliphatic carbocycles. The lowest BCUT2D eigenvalue weighted by Gasteiger charge is -2.12. The summed E-state index contributed by atoms with van der Waals surface area (Å²) in [5.41, 5.74) is 4.62. The highest BCUT2D eigenvalue weighted by atomic mass is 32.1. The van der Waals surface area contributed by atoms with Crippen LogP contribution >= 0.6 is 11.3 Å². The molecule has 1 N–H and O–H groups in total. The second-order valence-corrected chi connectivity index (χ2v) is 8.28. The lowest BCUT2D eigenvalue weighted by atomic mass is 9.97. The second-order valence-electron chi connectivity index (χ2n) is 7.44. The van der Waals surface area contributed by atoms with Crippen LogP contribution in [0.3, 0.4) is 0 Å². The van der Waals surface area contributed by atoms with E-state index >= 15 is 0 Å². The number of fused-ring (bicyclic) bond motifs is 1. The number of benzene rings is 1. The first-order valence-corrected chi connectivity index (χ1v) is 11.2. The van der Waals surface area contributed by atoms with Crippen molar-refractivity contribution in [3.05, 3.63) is 53.2 Å². The van der Waals surface area contributed by atoms with Gasteiger partial charge < -0.3 is 10.1 Å². The highest BCUT2D eigenvalue weighted by molar-refractivity contribution is 7.15. The number of thiazole rings is 1. The average molecular weight is 410 g/mol. The molecule has 4 rings (SSSR count). The molecule has 2 heterocycles. The highest BCUT2D eigenvalue weighted by Gasteiger charge is 2.12. The van der Waals surface area contributed by atoms with Crippen LogP contribution in [0.5, 0.6) is 5.75 Å². The summed E-state index contributed by atoms with van der Waals surface area (Å²) in [6, 6.07) is 7.91. The van der Waals surface area contributed by atoms with E-state index in [1.165, 1.54) is 31.3 Å².